The van der Waals surface area contributed by atoms with Gasteiger partial charge < -0.3 is 13.7 Å². The Labute approximate surface area is 138 Å². The van der Waals surface area contributed by atoms with Crippen molar-refractivity contribution in [1.29, 1.82) is 0 Å². The maximum atomic E-state index is 12.4. The molecule has 0 unspecified atom stereocenters. The Bertz CT molecular complexity index is 773. The van der Waals surface area contributed by atoms with Crippen molar-refractivity contribution in [3.8, 4) is 17.2 Å². The van der Waals surface area contributed by atoms with E-state index in [2.05, 4.69) is 0 Å². The highest BCUT2D eigenvalue weighted by molar-refractivity contribution is 7.87. The Hall–Kier alpha value is -1.63. The molecule has 0 saturated heterocycles. The number of ether oxygens (including phenoxy) is 2. The lowest BCUT2D eigenvalue weighted by Crippen LogP contribution is -2.11. The van der Waals surface area contributed by atoms with Gasteiger partial charge in [0.15, 0.2) is 4.90 Å². The fraction of sp³-hybridized carbons (Fsp3) is 0.143. The van der Waals surface area contributed by atoms with Gasteiger partial charge in [-0.15, -0.1) is 0 Å². The first-order valence-corrected chi connectivity index (χ1v) is 8.15. The van der Waals surface area contributed by atoms with Gasteiger partial charge in [-0.3, -0.25) is 0 Å². The van der Waals surface area contributed by atoms with Crippen LogP contribution in [-0.4, -0.2) is 22.6 Å². The SMILES string of the molecule is COc1cc(S(=O)(=O)Oc2ccc(Cl)cc2)c(OC)cc1Cl. The largest absolute Gasteiger partial charge is 0.495 e. The van der Waals surface area contributed by atoms with E-state index in [-0.39, 0.29) is 27.2 Å². The third-order valence-electron chi connectivity index (χ3n) is 2.73. The van der Waals surface area contributed by atoms with Crippen LogP contribution in [0.25, 0.3) is 0 Å². The van der Waals surface area contributed by atoms with E-state index in [1.54, 1.807) is 0 Å². The number of halogens is 2. The van der Waals surface area contributed by atoms with Gasteiger partial charge in [-0.05, 0) is 24.3 Å². The first kappa shape index (κ1) is 16.7. The summed E-state index contributed by atoms with van der Waals surface area (Å²) >= 11 is 11.7. The molecule has 5 nitrogen and oxygen atoms in total. The van der Waals surface area contributed by atoms with E-state index in [0.29, 0.717) is 5.02 Å². The van der Waals surface area contributed by atoms with Gasteiger partial charge in [0.1, 0.15) is 17.2 Å². The van der Waals surface area contributed by atoms with E-state index < -0.39 is 10.1 Å². The normalized spacial score (nSPS) is 11.1. The van der Waals surface area contributed by atoms with Crippen molar-refractivity contribution in [2.45, 2.75) is 4.90 Å². The van der Waals surface area contributed by atoms with E-state index in [9.17, 15) is 8.42 Å². The summed E-state index contributed by atoms with van der Waals surface area (Å²) in [5.41, 5.74) is 0. The quantitative estimate of drug-likeness (QED) is 0.757. The summed E-state index contributed by atoms with van der Waals surface area (Å²) < 4.78 is 40.0. The van der Waals surface area contributed by atoms with Crippen LogP contribution in [0.4, 0.5) is 0 Å². The topological polar surface area (TPSA) is 61.8 Å². The molecule has 8 heteroatoms. The monoisotopic (exact) mass is 362 g/mol. The molecule has 0 spiro atoms. The molecule has 0 aliphatic carbocycles. The molecule has 0 heterocycles. The smallest absolute Gasteiger partial charge is 0.343 e. The van der Waals surface area contributed by atoms with Crippen LogP contribution in [0, 0.1) is 0 Å². The molecule has 2 aromatic carbocycles. The van der Waals surface area contributed by atoms with E-state index in [1.807, 2.05) is 0 Å². The number of hydrogen-bond acceptors (Lipinski definition) is 5. The molecule has 0 radical (unpaired) electrons. The van der Waals surface area contributed by atoms with Gasteiger partial charge >= 0.3 is 10.1 Å². The van der Waals surface area contributed by atoms with Gasteiger partial charge in [0.25, 0.3) is 0 Å². The lowest BCUT2D eigenvalue weighted by Gasteiger charge is -2.13. The van der Waals surface area contributed by atoms with Crippen molar-refractivity contribution in [2.75, 3.05) is 14.2 Å². The maximum absolute atomic E-state index is 12.4. The van der Waals surface area contributed by atoms with Gasteiger partial charge in [0, 0.05) is 17.2 Å². The Kier molecular flexibility index (Phi) is 5.05. The Morgan fingerprint density at radius 2 is 1.50 bits per heavy atom. The highest BCUT2D eigenvalue weighted by Gasteiger charge is 2.24. The van der Waals surface area contributed by atoms with Gasteiger partial charge in [0.2, 0.25) is 0 Å². The molecule has 0 aliphatic rings. The van der Waals surface area contributed by atoms with Crippen molar-refractivity contribution in [3.05, 3.63) is 46.4 Å². The van der Waals surface area contributed by atoms with E-state index in [4.69, 9.17) is 36.9 Å². The van der Waals surface area contributed by atoms with Crippen LogP contribution in [0.5, 0.6) is 17.2 Å². The fourth-order valence-corrected chi connectivity index (χ4v) is 3.14. The molecule has 0 amide bonds. The Morgan fingerprint density at radius 1 is 0.909 bits per heavy atom. The van der Waals surface area contributed by atoms with Crippen LogP contribution in [-0.2, 0) is 10.1 Å². The molecule has 0 bridgehead atoms. The third-order valence-corrected chi connectivity index (χ3v) is 4.54. The number of methoxy groups -OCH3 is 2. The standard InChI is InChI=1S/C14H12Cl2O5S/c1-19-12-8-14(13(20-2)7-11(12)16)22(17,18)21-10-5-3-9(15)4-6-10/h3-8H,1-2H3. The van der Waals surface area contributed by atoms with Crippen molar-refractivity contribution >= 4 is 33.3 Å². The molecular formula is C14H12Cl2O5S. The molecule has 2 aromatic rings. The van der Waals surface area contributed by atoms with Crippen LogP contribution in [0.15, 0.2) is 41.3 Å². The average molecular weight is 363 g/mol. The van der Waals surface area contributed by atoms with Crippen molar-refractivity contribution in [1.82, 2.24) is 0 Å². The van der Waals surface area contributed by atoms with E-state index >= 15 is 0 Å². The molecule has 0 N–H and O–H groups in total. The number of benzene rings is 2. The molecular weight excluding hydrogens is 351 g/mol. The van der Waals surface area contributed by atoms with Gasteiger partial charge in [-0.25, -0.2) is 0 Å². The second kappa shape index (κ2) is 6.64. The first-order chi connectivity index (χ1) is 10.4. The zero-order valence-electron chi connectivity index (χ0n) is 11.7. The third kappa shape index (κ3) is 3.58. The lowest BCUT2D eigenvalue weighted by atomic mass is 10.3. The fourth-order valence-electron chi connectivity index (χ4n) is 1.69. The summed E-state index contributed by atoms with van der Waals surface area (Å²) in [6, 6.07) is 8.52. The zero-order chi connectivity index (χ0) is 16.3. The highest BCUT2D eigenvalue weighted by atomic mass is 35.5. The van der Waals surface area contributed by atoms with Crippen LogP contribution in [0.3, 0.4) is 0 Å². The Morgan fingerprint density at radius 3 is 2.05 bits per heavy atom. The van der Waals surface area contributed by atoms with E-state index in [0.717, 1.165) is 0 Å². The number of rotatable bonds is 5. The van der Waals surface area contributed by atoms with Crippen molar-refractivity contribution < 1.29 is 22.1 Å². The minimum atomic E-state index is -4.13. The van der Waals surface area contributed by atoms with Gasteiger partial charge in [-0.1, -0.05) is 23.2 Å². The first-order valence-electron chi connectivity index (χ1n) is 5.99. The molecule has 0 fully saturated rings. The predicted molar refractivity (Wildman–Crippen MR) is 83.8 cm³/mol. The minimum Gasteiger partial charge on any atom is -0.495 e. The second-order valence-electron chi connectivity index (χ2n) is 4.13. The second-order valence-corrected chi connectivity index (χ2v) is 6.49. The van der Waals surface area contributed by atoms with Crippen molar-refractivity contribution in [3.63, 3.8) is 0 Å². The molecule has 0 saturated carbocycles. The molecule has 0 aromatic heterocycles. The molecule has 22 heavy (non-hydrogen) atoms. The van der Waals surface area contributed by atoms with Gasteiger partial charge in [0.05, 0.1) is 19.2 Å². The summed E-state index contributed by atoms with van der Waals surface area (Å²) in [6.45, 7) is 0. The lowest BCUT2D eigenvalue weighted by molar-refractivity contribution is 0.388. The Balaban J connectivity index is 2.46. The summed E-state index contributed by atoms with van der Waals surface area (Å²) in [5, 5.41) is 0.695. The molecule has 2 rings (SSSR count). The summed E-state index contributed by atoms with van der Waals surface area (Å²) in [4.78, 5) is -0.189. The molecule has 118 valence electrons. The average Bonchev–Trinajstić information content (AvgIpc) is 2.48. The minimum absolute atomic E-state index is 0.0553. The number of hydrogen-bond donors (Lipinski definition) is 0. The zero-order valence-corrected chi connectivity index (χ0v) is 14.0. The van der Waals surface area contributed by atoms with Crippen LogP contribution < -0.4 is 13.7 Å². The highest BCUT2D eigenvalue weighted by Crippen LogP contribution is 2.36. The molecule has 0 aliphatic heterocycles. The summed E-state index contributed by atoms with van der Waals surface area (Å²) in [7, 11) is -1.41. The maximum Gasteiger partial charge on any atom is 0.343 e. The predicted octanol–water partition coefficient (Wildman–Crippen LogP) is 3.78. The van der Waals surface area contributed by atoms with Crippen LogP contribution in [0.2, 0.25) is 10.0 Å². The van der Waals surface area contributed by atoms with Crippen LogP contribution >= 0.6 is 23.2 Å². The molecule has 0 atom stereocenters. The summed E-state index contributed by atoms with van der Waals surface area (Å²) in [5.74, 6) is 0.376. The van der Waals surface area contributed by atoms with Crippen LogP contribution in [0.1, 0.15) is 0 Å². The van der Waals surface area contributed by atoms with Gasteiger partial charge in [-0.2, -0.15) is 8.42 Å². The van der Waals surface area contributed by atoms with Crippen molar-refractivity contribution in [2.24, 2.45) is 0 Å². The van der Waals surface area contributed by atoms with E-state index in [1.165, 1.54) is 50.6 Å². The summed E-state index contributed by atoms with van der Waals surface area (Å²) in [6.07, 6.45) is 0.